The van der Waals surface area contributed by atoms with Crippen molar-refractivity contribution < 1.29 is 24.0 Å². The van der Waals surface area contributed by atoms with Crippen LogP contribution in [0.2, 0.25) is 0 Å². The lowest BCUT2D eigenvalue weighted by Crippen LogP contribution is -2.70. The Morgan fingerprint density at radius 2 is 2.05 bits per heavy atom. The van der Waals surface area contributed by atoms with Gasteiger partial charge in [-0.1, -0.05) is 0 Å². The van der Waals surface area contributed by atoms with Gasteiger partial charge in [0.05, 0.1) is 7.11 Å². The number of ether oxygens (including phenoxy) is 1. The van der Waals surface area contributed by atoms with Gasteiger partial charge in [0.15, 0.2) is 0 Å². The van der Waals surface area contributed by atoms with Crippen molar-refractivity contribution in [2.45, 2.75) is 45.3 Å². The highest BCUT2D eigenvalue weighted by atomic mass is 16.7. The van der Waals surface area contributed by atoms with Gasteiger partial charge in [-0.2, -0.15) is 5.01 Å². The number of rotatable bonds is 3. The van der Waals surface area contributed by atoms with E-state index in [0.29, 0.717) is 13.0 Å². The monoisotopic (exact) mass is 299 g/mol. The molecule has 2 aliphatic rings. The molecule has 8 nitrogen and oxygen atoms in total. The minimum atomic E-state index is -0.714. The number of hydrogen-bond donors (Lipinski definition) is 1. The second-order valence-corrected chi connectivity index (χ2v) is 6.15. The second kappa shape index (κ2) is 5.51. The van der Waals surface area contributed by atoms with Gasteiger partial charge < -0.3 is 10.1 Å². The van der Waals surface area contributed by atoms with Gasteiger partial charge >= 0.3 is 6.09 Å². The van der Waals surface area contributed by atoms with E-state index in [1.165, 1.54) is 7.11 Å². The number of hydrazine groups is 1. The summed E-state index contributed by atoms with van der Waals surface area (Å²) in [6, 6.07) is -0.714. The largest absolute Gasteiger partial charge is 0.442 e. The lowest BCUT2D eigenvalue weighted by molar-refractivity contribution is -0.298. The molecular formula is C13H21N3O5. The highest BCUT2D eigenvalue weighted by Gasteiger charge is 2.52. The molecule has 21 heavy (non-hydrogen) atoms. The molecule has 0 aromatic rings. The number of amides is 3. The number of carbonyl (C=O) groups excluding carboxylic acids is 3. The Morgan fingerprint density at radius 3 is 2.52 bits per heavy atom. The van der Waals surface area contributed by atoms with Crippen LogP contribution < -0.4 is 5.32 Å². The summed E-state index contributed by atoms with van der Waals surface area (Å²) >= 11 is 0. The average molecular weight is 299 g/mol. The third-order valence-electron chi connectivity index (χ3n) is 3.39. The van der Waals surface area contributed by atoms with E-state index in [4.69, 9.17) is 9.57 Å². The molecule has 2 saturated heterocycles. The topological polar surface area (TPSA) is 88.2 Å². The summed E-state index contributed by atoms with van der Waals surface area (Å²) in [5.41, 5.74) is -0.676. The zero-order valence-electron chi connectivity index (χ0n) is 12.7. The van der Waals surface area contributed by atoms with Crippen molar-refractivity contribution in [1.82, 2.24) is 15.5 Å². The summed E-state index contributed by atoms with van der Waals surface area (Å²) in [7, 11) is 1.30. The van der Waals surface area contributed by atoms with Crippen LogP contribution in [0, 0.1) is 5.92 Å². The SMILES string of the molecule is CON1C(=O)[C@H](CC2CCNC2=O)N1C(=O)OC(C)(C)C. The van der Waals surface area contributed by atoms with E-state index < -0.39 is 17.7 Å². The first-order chi connectivity index (χ1) is 9.74. The first kappa shape index (κ1) is 15.6. The maximum atomic E-state index is 12.2. The van der Waals surface area contributed by atoms with Crippen LogP contribution in [0.4, 0.5) is 4.79 Å². The molecule has 0 spiro atoms. The van der Waals surface area contributed by atoms with Crippen molar-refractivity contribution in [3.8, 4) is 0 Å². The zero-order valence-corrected chi connectivity index (χ0v) is 12.7. The molecule has 0 aliphatic carbocycles. The molecule has 0 aromatic carbocycles. The molecule has 2 aliphatic heterocycles. The molecule has 2 fully saturated rings. The zero-order chi connectivity index (χ0) is 15.8. The summed E-state index contributed by atoms with van der Waals surface area (Å²) in [5.74, 6) is -0.686. The average Bonchev–Trinajstić information content (AvgIpc) is 2.75. The summed E-state index contributed by atoms with van der Waals surface area (Å²) in [5, 5.41) is 4.71. The fraction of sp³-hybridized carbons (Fsp3) is 0.769. The quantitative estimate of drug-likeness (QED) is 0.817. The molecule has 0 bridgehead atoms. The predicted octanol–water partition coefficient (Wildman–Crippen LogP) is 0.437. The van der Waals surface area contributed by atoms with Gasteiger partial charge in [-0.05, 0) is 33.6 Å². The lowest BCUT2D eigenvalue weighted by atomic mass is 9.96. The Bertz CT molecular complexity index is 459. The fourth-order valence-corrected chi connectivity index (χ4v) is 2.44. The Kier molecular flexibility index (Phi) is 4.08. The number of hydrogen-bond acceptors (Lipinski definition) is 5. The van der Waals surface area contributed by atoms with E-state index in [-0.39, 0.29) is 24.2 Å². The normalized spacial score (nSPS) is 25.7. The van der Waals surface area contributed by atoms with Crippen LogP contribution >= 0.6 is 0 Å². The van der Waals surface area contributed by atoms with Gasteiger partial charge in [-0.3, -0.25) is 14.4 Å². The van der Waals surface area contributed by atoms with E-state index in [0.717, 1.165) is 10.2 Å². The molecule has 0 saturated carbocycles. The minimum absolute atomic E-state index is 0.0807. The van der Waals surface area contributed by atoms with Crippen molar-refractivity contribution in [2.75, 3.05) is 13.7 Å². The Morgan fingerprint density at radius 1 is 1.38 bits per heavy atom. The van der Waals surface area contributed by atoms with E-state index in [1.807, 2.05) is 0 Å². The van der Waals surface area contributed by atoms with E-state index in [2.05, 4.69) is 5.32 Å². The molecule has 0 aromatic heterocycles. The Hall–Kier alpha value is -1.83. The molecule has 3 amide bonds. The lowest BCUT2D eigenvalue weighted by Gasteiger charge is -2.47. The Labute approximate surface area is 123 Å². The van der Waals surface area contributed by atoms with Crippen LogP contribution in [0.15, 0.2) is 0 Å². The maximum Gasteiger partial charge on any atom is 0.432 e. The van der Waals surface area contributed by atoms with Gasteiger partial charge in [0, 0.05) is 12.5 Å². The molecule has 1 N–H and O–H groups in total. The first-order valence-corrected chi connectivity index (χ1v) is 6.92. The first-order valence-electron chi connectivity index (χ1n) is 6.92. The third kappa shape index (κ3) is 3.10. The van der Waals surface area contributed by atoms with Crippen LogP contribution in [-0.4, -0.2) is 53.4 Å². The summed E-state index contributed by atoms with van der Waals surface area (Å²) in [4.78, 5) is 40.6. The van der Waals surface area contributed by atoms with Crippen LogP contribution in [0.3, 0.4) is 0 Å². The van der Waals surface area contributed by atoms with Gasteiger partial charge in [-0.25, -0.2) is 4.79 Å². The summed E-state index contributed by atoms with van der Waals surface area (Å²) < 4.78 is 5.26. The Balaban J connectivity index is 2.06. The van der Waals surface area contributed by atoms with Crippen LogP contribution in [0.1, 0.15) is 33.6 Å². The van der Waals surface area contributed by atoms with Gasteiger partial charge in [0.1, 0.15) is 11.6 Å². The van der Waals surface area contributed by atoms with E-state index in [9.17, 15) is 14.4 Å². The molecule has 2 rings (SSSR count). The number of nitrogens with one attached hydrogen (secondary N) is 1. The molecule has 118 valence electrons. The molecule has 2 heterocycles. The highest BCUT2D eigenvalue weighted by molar-refractivity contribution is 5.93. The summed E-state index contributed by atoms with van der Waals surface area (Å²) in [6.07, 6.45) is 0.286. The van der Waals surface area contributed by atoms with Gasteiger partial charge in [-0.15, -0.1) is 5.17 Å². The molecule has 2 atom stereocenters. The van der Waals surface area contributed by atoms with Crippen molar-refractivity contribution in [1.29, 1.82) is 0 Å². The number of hydroxylamine groups is 1. The number of carbonyl (C=O) groups is 3. The van der Waals surface area contributed by atoms with Crippen molar-refractivity contribution in [3.63, 3.8) is 0 Å². The predicted molar refractivity (Wildman–Crippen MR) is 71.4 cm³/mol. The third-order valence-corrected chi connectivity index (χ3v) is 3.39. The molecule has 8 heteroatoms. The van der Waals surface area contributed by atoms with Crippen molar-refractivity contribution in [3.05, 3.63) is 0 Å². The standard InChI is InChI=1S/C13H21N3O5/c1-13(2,3)21-12(19)15-9(11(18)16(15)20-4)7-8-5-6-14-10(8)17/h8-9H,5-7H2,1-4H3,(H,14,17)/t8?,9-/m0/s1. The second-order valence-electron chi connectivity index (χ2n) is 6.15. The highest BCUT2D eigenvalue weighted by Crippen LogP contribution is 2.30. The minimum Gasteiger partial charge on any atom is -0.442 e. The van der Waals surface area contributed by atoms with Gasteiger partial charge in [0.25, 0.3) is 5.91 Å². The molecule has 0 radical (unpaired) electrons. The maximum absolute atomic E-state index is 12.2. The van der Waals surface area contributed by atoms with Crippen LogP contribution in [0.25, 0.3) is 0 Å². The summed E-state index contributed by atoms with van der Waals surface area (Å²) in [6.45, 7) is 5.82. The number of nitrogens with zero attached hydrogens (tertiary/aromatic N) is 2. The van der Waals surface area contributed by atoms with E-state index in [1.54, 1.807) is 20.8 Å². The van der Waals surface area contributed by atoms with Crippen molar-refractivity contribution in [2.24, 2.45) is 5.92 Å². The molecular weight excluding hydrogens is 278 g/mol. The van der Waals surface area contributed by atoms with Crippen molar-refractivity contribution >= 4 is 17.9 Å². The fourth-order valence-electron chi connectivity index (χ4n) is 2.44. The molecule has 1 unspecified atom stereocenters. The van der Waals surface area contributed by atoms with Crippen LogP contribution in [0.5, 0.6) is 0 Å². The van der Waals surface area contributed by atoms with Gasteiger partial charge in [0.2, 0.25) is 5.91 Å². The van der Waals surface area contributed by atoms with Crippen LogP contribution in [-0.2, 0) is 19.2 Å². The smallest absolute Gasteiger partial charge is 0.432 e. The van der Waals surface area contributed by atoms with E-state index >= 15 is 0 Å².